The highest BCUT2D eigenvalue weighted by Crippen LogP contribution is 2.24. The van der Waals surface area contributed by atoms with Crippen LogP contribution in [0.5, 0.6) is 0 Å². The Morgan fingerprint density at radius 2 is 2.32 bits per heavy atom. The molecule has 2 rings (SSSR count). The van der Waals surface area contributed by atoms with Gasteiger partial charge in [0.15, 0.2) is 0 Å². The van der Waals surface area contributed by atoms with Gasteiger partial charge in [0.1, 0.15) is 0 Å². The molecule has 19 heavy (non-hydrogen) atoms. The van der Waals surface area contributed by atoms with Gasteiger partial charge in [0.25, 0.3) is 0 Å². The van der Waals surface area contributed by atoms with Crippen molar-refractivity contribution in [2.75, 3.05) is 13.1 Å². The van der Waals surface area contributed by atoms with E-state index in [4.69, 9.17) is 0 Å². The predicted octanol–water partition coefficient (Wildman–Crippen LogP) is 3.53. The fraction of sp³-hybridized carbons (Fsp3) is 0.750. The van der Waals surface area contributed by atoms with Crippen LogP contribution in [0, 0.1) is 0 Å². The van der Waals surface area contributed by atoms with Crippen LogP contribution in [0.3, 0.4) is 0 Å². The van der Waals surface area contributed by atoms with Crippen LogP contribution in [0.15, 0.2) is 17.5 Å². The zero-order valence-electron chi connectivity index (χ0n) is 12.8. The highest BCUT2D eigenvalue weighted by atomic mass is 32.1. The van der Waals surface area contributed by atoms with Gasteiger partial charge in [0.05, 0.1) is 0 Å². The maximum Gasteiger partial charge on any atom is 0.0278 e. The Morgan fingerprint density at radius 1 is 1.53 bits per heavy atom. The minimum absolute atomic E-state index is 0.287. The molecule has 1 aliphatic heterocycles. The first-order chi connectivity index (χ1) is 9.08. The van der Waals surface area contributed by atoms with Crippen LogP contribution in [0.25, 0.3) is 0 Å². The number of thiophene rings is 1. The number of nitrogens with zero attached hydrogens (tertiary/aromatic N) is 1. The van der Waals surface area contributed by atoms with Gasteiger partial charge in [-0.2, -0.15) is 0 Å². The van der Waals surface area contributed by atoms with Crippen LogP contribution in [0.4, 0.5) is 0 Å². The summed E-state index contributed by atoms with van der Waals surface area (Å²) in [6.07, 6.45) is 3.63. The second-order valence-electron chi connectivity index (χ2n) is 6.16. The first-order valence-corrected chi connectivity index (χ1v) is 8.49. The number of piperazine rings is 1. The lowest BCUT2D eigenvalue weighted by molar-refractivity contribution is 0.0501. The normalized spacial score (nSPS) is 30.4. The summed E-state index contributed by atoms with van der Waals surface area (Å²) in [7, 11) is 0. The summed E-state index contributed by atoms with van der Waals surface area (Å²) in [5.41, 5.74) is 0.287. The molecule has 3 heteroatoms. The summed E-state index contributed by atoms with van der Waals surface area (Å²) in [6, 6.07) is 5.76. The van der Waals surface area contributed by atoms with E-state index in [1.165, 1.54) is 30.7 Å². The number of rotatable bonds is 5. The van der Waals surface area contributed by atoms with Crippen LogP contribution in [0.2, 0.25) is 0 Å². The van der Waals surface area contributed by atoms with E-state index < -0.39 is 0 Å². The van der Waals surface area contributed by atoms with Crippen LogP contribution >= 0.6 is 11.3 Å². The van der Waals surface area contributed by atoms with Gasteiger partial charge in [-0.25, -0.2) is 0 Å². The molecule has 0 saturated carbocycles. The number of hydrogen-bond donors (Lipinski definition) is 1. The van der Waals surface area contributed by atoms with E-state index in [1.54, 1.807) is 0 Å². The highest BCUT2D eigenvalue weighted by molar-refractivity contribution is 7.09. The monoisotopic (exact) mass is 280 g/mol. The quantitative estimate of drug-likeness (QED) is 0.887. The maximum atomic E-state index is 3.75. The van der Waals surface area contributed by atoms with Crippen molar-refractivity contribution in [3.8, 4) is 0 Å². The van der Waals surface area contributed by atoms with Crippen molar-refractivity contribution in [2.45, 2.75) is 64.6 Å². The molecule has 0 radical (unpaired) electrons. The molecule has 1 N–H and O–H groups in total. The van der Waals surface area contributed by atoms with E-state index in [-0.39, 0.29) is 5.54 Å². The zero-order chi connectivity index (χ0) is 13.9. The molecule has 1 fully saturated rings. The minimum atomic E-state index is 0.287. The van der Waals surface area contributed by atoms with Crippen molar-refractivity contribution in [2.24, 2.45) is 0 Å². The maximum absolute atomic E-state index is 3.75. The molecule has 3 atom stereocenters. The summed E-state index contributed by atoms with van der Waals surface area (Å²) in [6.45, 7) is 11.7. The summed E-state index contributed by atoms with van der Waals surface area (Å²) >= 11 is 1.89. The van der Waals surface area contributed by atoms with Crippen LogP contribution in [-0.4, -0.2) is 35.6 Å². The largest absolute Gasteiger partial charge is 0.309 e. The molecule has 1 aliphatic rings. The van der Waals surface area contributed by atoms with Crippen LogP contribution in [-0.2, 0) is 6.42 Å². The summed E-state index contributed by atoms with van der Waals surface area (Å²) < 4.78 is 0. The molecule has 2 heterocycles. The van der Waals surface area contributed by atoms with Gasteiger partial charge in [-0.05, 0) is 44.6 Å². The Labute approximate surface area is 122 Å². The summed E-state index contributed by atoms with van der Waals surface area (Å²) in [5, 5.41) is 5.94. The van der Waals surface area contributed by atoms with Gasteiger partial charge in [-0.1, -0.05) is 19.9 Å². The van der Waals surface area contributed by atoms with Crippen molar-refractivity contribution in [3.05, 3.63) is 22.4 Å². The minimum Gasteiger partial charge on any atom is -0.309 e. The molecule has 0 amide bonds. The van der Waals surface area contributed by atoms with E-state index in [0.29, 0.717) is 12.1 Å². The van der Waals surface area contributed by atoms with Gasteiger partial charge in [0, 0.05) is 35.6 Å². The van der Waals surface area contributed by atoms with E-state index in [9.17, 15) is 0 Å². The Bertz CT molecular complexity index is 376. The predicted molar refractivity (Wildman–Crippen MR) is 85.0 cm³/mol. The topological polar surface area (TPSA) is 15.3 Å². The van der Waals surface area contributed by atoms with E-state index in [0.717, 1.165) is 6.54 Å². The second-order valence-corrected chi connectivity index (χ2v) is 7.19. The lowest BCUT2D eigenvalue weighted by atomic mass is 9.91. The van der Waals surface area contributed by atoms with Gasteiger partial charge >= 0.3 is 0 Å². The van der Waals surface area contributed by atoms with Crippen LogP contribution < -0.4 is 5.32 Å². The molecule has 1 saturated heterocycles. The van der Waals surface area contributed by atoms with Crippen molar-refractivity contribution >= 4 is 11.3 Å². The van der Waals surface area contributed by atoms with Gasteiger partial charge in [0.2, 0.25) is 0 Å². The fourth-order valence-corrected chi connectivity index (χ4v) is 3.86. The fourth-order valence-electron chi connectivity index (χ4n) is 3.04. The molecule has 108 valence electrons. The van der Waals surface area contributed by atoms with E-state index >= 15 is 0 Å². The molecule has 1 aromatic heterocycles. The lowest BCUT2D eigenvalue weighted by Crippen LogP contribution is -2.64. The third kappa shape index (κ3) is 3.59. The molecule has 0 aliphatic carbocycles. The molecule has 3 unspecified atom stereocenters. The SMILES string of the molecule is CCC1CNC(C)(CC)CN1C(C)Cc1cccs1. The third-order valence-electron chi connectivity index (χ3n) is 4.66. The average molecular weight is 280 g/mol. The van der Waals surface area contributed by atoms with Gasteiger partial charge in [-0.15, -0.1) is 11.3 Å². The molecule has 0 bridgehead atoms. The Hall–Kier alpha value is -0.380. The average Bonchev–Trinajstić information content (AvgIpc) is 2.91. The Morgan fingerprint density at radius 3 is 2.89 bits per heavy atom. The summed E-state index contributed by atoms with van der Waals surface area (Å²) in [5.74, 6) is 0. The molecule has 1 aromatic rings. The van der Waals surface area contributed by atoms with Crippen molar-refractivity contribution in [1.82, 2.24) is 10.2 Å². The summed E-state index contributed by atoms with van der Waals surface area (Å²) in [4.78, 5) is 4.25. The Balaban J connectivity index is 2.05. The molecule has 0 spiro atoms. The van der Waals surface area contributed by atoms with E-state index in [1.807, 2.05) is 11.3 Å². The first kappa shape index (κ1) is 15.0. The zero-order valence-corrected chi connectivity index (χ0v) is 13.6. The van der Waals surface area contributed by atoms with Crippen molar-refractivity contribution in [3.63, 3.8) is 0 Å². The third-order valence-corrected chi connectivity index (χ3v) is 5.56. The number of nitrogens with one attached hydrogen (secondary N) is 1. The first-order valence-electron chi connectivity index (χ1n) is 7.61. The lowest BCUT2D eigenvalue weighted by Gasteiger charge is -2.48. The highest BCUT2D eigenvalue weighted by Gasteiger charge is 2.35. The smallest absolute Gasteiger partial charge is 0.0278 e. The van der Waals surface area contributed by atoms with E-state index in [2.05, 4.69) is 55.4 Å². The molecular weight excluding hydrogens is 252 g/mol. The van der Waals surface area contributed by atoms with Crippen LogP contribution in [0.1, 0.15) is 45.4 Å². The second kappa shape index (κ2) is 6.38. The molecule has 2 nitrogen and oxygen atoms in total. The Kier molecular flexibility index (Phi) is 5.04. The number of hydrogen-bond acceptors (Lipinski definition) is 3. The van der Waals surface area contributed by atoms with Gasteiger partial charge in [-0.3, -0.25) is 4.90 Å². The molecule has 0 aromatic carbocycles. The molecular formula is C16H28N2S. The van der Waals surface area contributed by atoms with Gasteiger partial charge < -0.3 is 5.32 Å². The van der Waals surface area contributed by atoms with Crippen molar-refractivity contribution in [1.29, 1.82) is 0 Å². The van der Waals surface area contributed by atoms with Crippen molar-refractivity contribution < 1.29 is 0 Å². The standard InChI is InChI=1S/C16H28N2S/c1-5-14-11-17-16(4,6-2)12-18(14)13(3)10-15-8-7-9-19-15/h7-9,13-14,17H,5-6,10-12H2,1-4H3.